The summed E-state index contributed by atoms with van der Waals surface area (Å²) in [6.45, 7) is 5.97. The van der Waals surface area contributed by atoms with Crippen LogP contribution in [0.4, 0.5) is 0 Å². The van der Waals surface area contributed by atoms with Gasteiger partial charge in [0.05, 0.1) is 6.61 Å². The molecule has 6 nitrogen and oxygen atoms in total. The number of benzene rings is 1. The Hall–Kier alpha value is -2.18. The standard InChI is InChI=1S/C16H19NO5/c1-10(2)15(18)22-12-5-3-11(4-6-12)7-14(17)16(19)21-9-13-8-20-13/h3-6,13-14H,1,7-9,17H2,2H3/t13?,14-/m0/s1. The van der Waals surface area contributed by atoms with Crippen LogP contribution in [0, 0.1) is 0 Å². The summed E-state index contributed by atoms with van der Waals surface area (Å²) >= 11 is 0. The van der Waals surface area contributed by atoms with Gasteiger partial charge in [0, 0.05) is 5.57 Å². The molecular weight excluding hydrogens is 286 g/mol. The molecule has 1 aliphatic rings. The van der Waals surface area contributed by atoms with Crippen LogP contribution >= 0.6 is 0 Å². The third kappa shape index (κ3) is 4.98. The van der Waals surface area contributed by atoms with Gasteiger partial charge in [-0.2, -0.15) is 0 Å². The van der Waals surface area contributed by atoms with Crippen molar-refractivity contribution >= 4 is 11.9 Å². The van der Waals surface area contributed by atoms with Crippen molar-refractivity contribution in [3.8, 4) is 5.75 Å². The Labute approximate surface area is 128 Å². The summed E-state index contributed by atoms with van der Waals surface area (Å²) in [5, 5.41) is 0. The monoisotopic (exact) mass is 305 g/mol. The smallest absolute Gasteiger partial charge is 0.338 e. The molecule has 118 valence electrons. The number of nitrogens with two attached hydrogens (primary N) is 1. The molecule has 0 bridgehead atoms. The minimum absolute atomic E-state index is 0.0263. The number of rotatable bonds is 7. The molecule has 1 heterocycles. The van der Waals surface area contributed by atoms with Gasteiger partial charge in [-0.15, -0.1) is 0 Å². The number of hydrogen-bond acceptors (Lipinski definition) is 6. The second kappa shape index (κ2) is 7.20. The fourth-order valence-electron chi connectivity index (χ4n) is 1.67. The molecule has 1 unspecified atom stereocenters. The fraction of sp³-hybridized carbons (Fsp3) is 0.375. The minimum Gasteiger partial charge on any atom is -0.462 e. The first-order chi connectivity index (χ1) is 10.5. The number of esters is 2. The van der Waals surface area contributed by atoms with Gasteiger partial charge in [0.1, 0.15) is 24.5 Å². The van der Waals surface area contributed by atoms with Crippen LogP contribution in [0.25, 0.3) is 0 Å². The third-order valence-corrected chi connectivity index (χ3v) is 3.05. The Morgan fingerprint density at radius 1 is 1.41 bits per heavy atom. The molecule has 0 aliphatic carbocycles. The molecule has 0 radical (unpaired) electrons. The van der Waals surface area contributed by atoms with Crippen LogP contribution in [-0.2, 0) is 25.5 Å². The first kappa shape index (κ1) is 16.2. The van der Waals surface area contributed by atoms with Gasteiger partial charge in [0.15, 0.2) is 0 Å². The van der Waals surface area contributed by atoms with E-state index in [9.17, 15) is 9.59 Å². The van der Waals surface area contributed by atoms with E-state index in [4.69, 9.17) is 19.9 Å². The van der Waals surface area contributed by atoms with Crippen molar-refractivity contribution in [3.05, 3.63) is 42.0 Å². The maximum absolute atomic E-state index is 11.7. The van der Waals surface area contributed by atoms with E-state index < -0.39 is 18.0 Å². The Bertz CT molecular complexity index is 562. The Balaban J connectivity index is 1.82. The highest BCUT2D eigenvalue weighted by Gasteiger charge is 2.25. The lowest BCUT2D eigenvalue weighted by atomic mass is 10.1. The van der Waals surface area contributed by atoms with E-state index in [0.717, 1.165) is 5.56 Å². The molecule has 1 aromatic carbocycles. The van der Waals surface area contributed by atoms with Gasteiger partial charge in [0.25, 0.3) is 0 Å². The van der Waals surface area contributed by atoms with Gasteiger partial charge in [0.2, 0.25) is 0 Å². The third-order valence-electron chi connectivity index (χ3n) is 3.05. The predicted octanol–water partition coefficient (Wildman–Crippen LogP) is 0.980. The van der Waals surface area contributed by atoms with Crippen molar-refractivity contribution < 1.29 is 23.8 Å². The van der Waals surface area contributed by atoms with Gasteiger partial charge in [-0.1, -0.05) is 18.7 Å². The molecule has 0 spiro atoms. The van der Waals surface area contributed by atoms with Crippen molar-refractivity contribution in [2.75, 3.05) is 13.2 Å². The van der Waals surface area contributed by atoms with Crippen LogP contribution in [0.3, 0.4) is 0 Å². The molecule has 2 N–H and O–H groups in total. The number of carbonyl (C=O) groups is 2. The highest BCUT2D eigenvalue weighted by atomic mass is 16.6. The van der Waals surface area contributed by atoms with Gasteiger partial charge in [-0.05, 0) is 31.0 Å². The first-order valence-electron chi connectivity index (χ1n) is 6.96. The van der Waals surface area contributed by atoms with E-state index in [0.29, 0.717) is 24.4 Å². The molecule has 22 heavy (non-hydrogen) atoms. The van der Waals surface area contributed by atoms with Gasteiger partial charge >= 0.3 is 11.9 Å². The number of carbonyl (C=O) groups excluding carboxylic acids is 2. The van der Waals surface area contributed by atoms with Gasteiger partial charge in [-0.25, -0.2) is 4.79 Å². The first-order valence-corrected chi connectivity index (χ1v) is 6.96. The largest absolute Gasteiger partial charge is 0.462 e. The maximum atomic E-state index is 11.7. The topological polar surface area (TPSA) is 91.2 Å². The summed E-state index contributed by atoms with van der Waals surface area (Å²) in [6, 6.07) is 6.05. The average Bonchev–Trinajstić information content (AvgIpc) is 3.30. The molecule has 6 heteroatoms. The van der Waals surface area contributed by atoms with Crippen LogP contribution in [0.5, 0.6) is 5.75 Å². The molecule has 1 saturated heterocycles. The Kier molecular flexibility index (Phi) is 5.30. The highest BCUT2D eigenvalue weighted by molar-refractivity contribution is 5.88. The summed E-state index contributed by atoms with van der Waals surface area (Å²) in [6.07, 6.45) is 0.373. The fourth-order valence-corrected chi connectivity index (χ4v) is 1.67. The lowest BCUT2D eigenvalue weighted by molar-refractivity contribution is -0.145. The molecule has 1 aromatic rings. The SMILES string of the molecule is C=C(C)C(=O)Oc1ccc(C[C@H](N)C(=O)OCC2CO2)cc1. The molecule has 2 rings (SSSR count). The van der Waals surface area contributed by atoms with Crippen LogP contribution in [0.1, 0.15) is 12.5 Å². The molecule has 1 fully saturated rings. The molecule has 1 aliphatic heterocycles. The van der Waals surface area contributed by atoms with Crippen LogP contribution in [0.15, 0.2) is 36.4 Å². The zero-order valence-corrected chi connectivity index (χ0v) is 12.4. The van der Waals surface area contributed by atoms with Crippen molar-refractivity contribution in [1.29, 1.82) is 0 Å². The van der Waals surface area contributed by atoms with Crippen molar-refractivity contribution in [2.45, 2.75) is 25.5 Å². The zero-order valence-electron chi connectivity index (χ0n) is 12.4. The van der Waals surface area contributed by atoms with Crippen LogP contribution in [0.2, 0.25) is 0 Å². The molecular formula is C16H19NO5. The quantitative estimate of drug-likeness (QED) is 0.349. The van der Waals surface area contributed by atoms with Crippen LogP contribution < -0.4 is 10.5 Å². The van der Waals surface area contributed by atoms with E-state index >= 15 is 0 Å². The zero-order chi connectivity index (χ0) is 16.1. The van der Waals surface area contributed by atoms with E-state index in [-0.39, 0.29) is 12.7 Å². The van der Waals surface area contributed by atoms with E-state index in [2.05, 4.69) is 6.58 Å². The second-order valence-electron chi connectivity index (χ2n) is 5.21. The van der Waals surface area contributed by atoms with Crippen LogP contribution in [-0.4, -0.2) is 37.3 Å². The second-order valence-corrected chi connectivity index (χ2v) is 5.21. The Morgan fingerprint density at radius 3 is 2.59 bits per heavy atom. The van der Waals surface area contributed by atoms with Crippen molar-refractivity contribution in [1.82, 2.24) is 0 Å². The highest BCUT2D eigenvalue weighted by Crippen LogP contribution is 2.15. The summed E-state index contributed by atoms with van der Waals surface area (Å²) < 4.78 is 15.1. The van der Waals surface area contributed by atoms with E-state index in [1.165, 1.54) is 0 Å². The predicted molar refractivity (Wildman–Crippen MR) is 79.3 cm³/mol. The van der Waals surface area contributed by atoms with Crippen molar-refractivity contribution in [3.63, 3.8) is 0 Å². The minimum atomic E-state index is -0.734. The van der Waals surface area contributed by atoms with E-state index in [1.807, 2.05) is 0 Å². The van der Waals surface area contributed by atoms with Gasteiger partial charge in [-0.3, -0.25) is 4.79 Å². The van der Waals surface area contributed by atoms with Gasteiger partial charge < -0.3 is 19.9 Å². The lowest BCUT2D eigenvalue weighted by Gasteiger charge is -2.11. The molecule has 0 saturated carbocycles. The summed E-state index contributed by atoms with van der Waals surface area (Å²) in [5.74, 6) is -0.512. The lowest BCUT2D eigenvalue weighted by Crippen LogP contribution is -2.35. The van der Waals surface area contributed by atoms with E-state index in [1.54, 1.807) is 31.2 Å². The number of ether oxygens (including phenoxy) is 3. The van der Waals surface area contributed by atoms with Crippen molar-refractivity contribution in [2.24, 2.45) is 5.73 Å². The Morgan fingerprint density at radius 2 is 2.05 bits per heavy atom. The summed E-state index contributed by atoms with van der Waals surface area (Å²) in [5.41, 5.74) is 6.98. The normalized spacial score (nSPS) is 17.5. The maximum Gasteiger partial charge on any atom is 0.338 e. The summed E-state index contributed by atoms with van der Waals surface area (Å²) in [7, 11) is 0. The molecule has 0 aromatic heterocycles. The average molecular weight is 305 g/mol. The number of epoxide rings is 1. The number of hydrogen-bond donors (Lipinski definition) is 1. The molecule has 2 atom stereocenters. The molecule has 0 amide bonds. The summed E-state index contributed by atoms with van der Waals surface area (Å²) in [4.78, 5) is 23.1.